The first-order valence-corrected chi connectivity index (χ1v) is 6.08. The van der Waals surface area contributed by atoms with E-state index in [0.717, 1.165) is 23.1 Å². The number of aromatic nitrogens is 2. The number of benzene rings is 1. The Morgan fingerprint density at radius 3 is 2.67 bits per heavy atom. The summed E-state index contributed by atoms with van der Waals surface area (Å²) < 4.78 is 0. The molecule has 0 fully saturated rings. The molecular weight excluding hydrogens is 220 g/mol. The maximum Gasteiger partial charge on any atom is 0.159 e. The van der Waals surface area contributed by atoms with Crippen LogP contribution in [0.15, 0.2) is 54.7 Å². The molecule has 3 rings (SSSR count). The van der Waals surface area contributed by atoms with Crippen LogP contribution in [-0.4, -0.2) is 9.97 Å². The summed E-state index contributed by atoms with van der Waals surface area (Å²) in [7, 11) is 0. The molecule has 0 saturated heterocycles. The van der Waals surface area contributed by atoms with Gasteiger partial charge in [0.05, 0.1) is 0 Å². The lowest BCUT2D eigenvalue weighted by Crippen LogP contribution is -1.96. The average molecular weight is 234 g/mol. The van der Waals surface area contributed by atoms with Gasteiger partial charge in [-0.3, -0.25) is 0 Å². The Morgan fingerprint density at radius 1 is 1.00 bits per heavy atom. The highest BCUT2D eigenvalue weighted by molar-refractivity contribution is 5.75. The smallest absolute Gasteiger partial charge is 0.159 e. The van der Waals surface area contributed by atoms with E-state index in [1.54, 1.807) is 6.20 Å². The van der Waals surface area contributed by atoms with Crippen LogP contribution in [0.2, 0.25) is 0 Å². The Hall–Kier alpha value is -2.22. The van der Waals surface area contributed by atoms with Gasteiger partial charge in [0.1, 0.15) is 0 Å². The first-order valence-electron chi connectivity index (χ1n) is 6.08. The number of hydrogen-bond acceptors (Lipinski definition) is 2. The van der Waals surface area contributed by atoms with E-state index in [4.69, 9.17) is 0 Å². The maximum absolute atomic E-state index is 4.56. The maximum atomic E-state index is 4.56. The Kier molecular flexibility index (Phi) is 2.77. The van der Waals surface area contributed by atoms with Gasteiger partial charge in [0, 0.05) is 17.3 Å². The van der Waals surface area contributed by atoms with Crippen molar-refractivity contribution < 1.29 is 0 Å². The highest BCUT2D eigenvalue weighted by Gasteiger charge is 2.04. The fourth-order valence-corrected chi connectivity index (χ4v) is 2.13. The number of nitrogens with zero attached hydrogens (tertiary/aromatic N) is 2. The molecule has 0 saturated carbocycles. The van der Waals surface area contributed by atoms with Crippen molar-refractivity contribution in [2.75, 3.05) is 0 Å². The van der Waals surface area contributed by atoms with Crippen LogP contribution in [0.1, 0.15) is 16.8 Å². The van der Waals surface area contributed by atoms with Crippen molar-refractivity contribution in [2.45, 2.75) is 13.3 Å². The average Bonchev–Trinajstić information content (AvgIpc) is 2.41. The van der Waals surface area contributed by atoms with Crippen molar-refractivity contribution in [3.8, 4) is 0 Å². The molecule has 0 atom stereocenters. The predicted molar refractivity (Wildman–Crippen MR) is 73.5 cm³/mol. The van der Waals surface area contributed by atoms with Crippen LogP contribution in [0, 0.1) is 6.92 Å². The number of hydrogen-bond donors (Lipinski definition) is 0. The number of rotatable bonds is 2. The molecule has 18 heavy (non-hydrogen) atoms. The molecule has 2 nitrogen and oxygen atoms in total. The molecule has 2 heterocycles. The van der Waals surface area contributed by atoms with Crippen LogP contribution >= 0.6 is 0 Å². The summed E-state index contributed by atoms with van der Waals surface area (Å²) in [4.78, 5) is 8.84. The van der Waals surface area contributed by atoms with Crippen molar-refractivity contribution in [3.63, 3.8) is 0 Å². The van der Waals surface area contributed by atoms with Crippen molar-refractivity contribution in [2.24, 2.45) is 0 Å². The fraction of sp³-hybridized carbons (Fsp3) is 0.125. The third kappa shape index (κ3) is 2.09. The molecule has 3 aromatic rings. The topological polar surface area (TPSA) is 25.8 Å². The molecule has 88 valence electrons. The van der Waals surface area contributed by atoms with E-state index in [1.807, 2.05) is 19.1 Å². The SMILES string of the molecule is Cc1nc2ncccc2cc1Cc1ccccc1. The van der Waals surface area contributed by atoms with Crippen molar-refractivity contribution >= 4 is 11.0 Å². The van der Waals surface area contributed by atoms with Gasteiger partial charge in [0.2, 0.25) is 0 Å². The van der Waals surface area contributed by atoms with Crippen molar-refractivity contribution in [3.05, 3.63) is 71.5 Å². The second-order valence-corrected chi connectivity index (χ2v) is 4.45. The first-order chi connectivity index (χ1) is 8.83. The van der Waals surface area contributed by atoms with E-state index >= 15 is 0 Å². The van der Waals surface area contributed by atoms with Gasteiger partial charge in [0.15, 0.2) is 5.65 Å². The molecule has 0 aliphatic rings. The number of aryl methyl sites for hydroxylation is 1. The number of pyridine rings is 2. The zero-order valence-corrected chi connectivity index (χ0v) is 10.3. The standard InChI is InChI=1S/C16H14N2/c1-12-15(10-13-6-3-2-4-7-13)11-14-8-5-9-17-16(14)18-12/h2-9,11H,10H2,1H3. The lowest BCUT2D eigenvalue weighted by Gasteiger charge is -2.07. The zero-order valence-electron chi connectivity index (χ0n) is 10.3. The van der Waals surface area contributed by atoms with Crippen LogP contribution in [-0.2, 0) is 6.42 Å². The molecule has 2 heteroatoms. The number of fused-ring (bicyclic) bond motifs is 1. The lowest BCUT2D eigenvalue weighted by atomic mass is 10.0. The van der Waals surface area contributed by atoms with Gasteiger partial charge in [-0.15, -0.1) is 0 Å². The van der Waals surface area contributed by atoms with E-state index in [2.05, 4.69) is 46.4 Å². The Bertz CT molecular complexity index is 675. The van der Waals surface area contributed by atoms with Gasteiger partial charge in [-0.05, 0) is 42.7 Å². The third-order valence-corrected chi connectivity index (χ3v) is 3.12. The Morgan fingerprint density at radius 2 is 1.83 bits per heavy atom. The molecule has 2 aromatic heterocycles. The quantitative estimate of drug-likeness (QED) is 0.678. The van der Waals surface area contributed by atoms with E-state index in [9.17, 15) is 0 Å². The largest absolute Gasteiger partial charge is 0.237 e. The van der Waals surface area contributed by atoms with Crippen molar-refractivity contribution in [1.82, 2.24) is 9.97 Å². The Balaban J connectivity index is 2.04. The van der Waals surface area contributed by atoms with Gasteiger partial charge < -0.3 is 0 Å². The molecule has 0 N–H and O–H groups in total. The van der Waals surface area contributed by atoms with E-state index < -0.39 is 0 Å². The molecule has 0 bridgehead atoms. The highest BCUT2D eigenvalue weighted by atomic mass is 14.8. The zero-order chi connectivity index (χ0) is 12.4. The van der Waals surface area contributed by atoms with E-state index in [-0.39, 0.29) is 0 Å². The second kappa shape index (κ2) is 4.57. The molecule has 0 spiro atoms. The van der Waals surface area contributed by atoms with Crippen LogP contribution < -0.4 is 0 Å². The monoisotopic (exact) mass is 234 g/mol. The minimum atomic E-state index is 0.826. The molecule has 1 aromatic carbocycles. The van der Waals surface area contributed by atoms with E-state index in [1.165, 1.54) is 11.1 Å². The van der Waals surface area contributed by atoms with Crippen LogP contribution in [0.25, 0.3) is 11.0 Å². The minimum Gasteiger partial charge on any atom is -0.237 e. The predicted octanol–water partition coefficient (Wildman–Crippen LogP) is 3.53. The third-order valence-electron chi connectivity index (χ3n) is 3.12. The van der Waals surface area contributed by atoms with Crippen LogP contribution in [0.5, 0.6) is 0 Å². The molecular formula is C16H14N2. The summed E-state index contributed by atoms with van der Waals surface area (Å²) in [6, 6.07) is 16.7. The minimum absolute atomic E-state index is 0.826. The molecule has 0 unspecified atom stereocenters. The summed E-state index contributed by atoms with van der Waals surface area (Å²) in [5.41, 5.74) is 4.46. The molecule has 0 amide bonds. The first kappa shape index (κ1) is 10.9. The molecule has 0 aliphatic carbocycles. The highest BCUT2D eigenvalue weighted by Crippen LogP contribution is 2.17. The van der Waals surface area contributed by atoms with Crippen LogP contribution in [0.3, 0.4) is 0 Å². The summed E-state index contributed by atoms with van der Waals surface area (Å²) >= 11 is 0. The normalized spacial score (nSPS) is 10.7. The second-order valence-electron chi connectivity index (χ2n) is 4.45. The molecule has 0 radical (unpaired) electrons. The van der Waals surface area contributed by atoms with Gasteiger partial charge in [-0.1, -0.05) is 30.3 Å². The summed E-state index contributed by atoms with van der Waals surface area (Å²) in [6.07, 6.45) is 2.70. The fourth-order valence-electron chi connectivity index (χ4n) is 2.13. The summed E-state index contributed by atoms with van der Waals surface area (Å²) in [5, 5.41) is 1.11. The lowest BCUT2D eigenvalue weighted by molar-refractivity contribution is 1.09. The van der Waals surface area contributed by atoms with Gasteiger partial charge >= 0.3 is 0 Å². The van der Waals surface area contributed by atoms with Gasteiger partial charge in [-0.25, -0.2) is 9.97 Å². The summed E-state index contributed by atoms with van der Waals surface area (Å²) in [5.74, 6) is 0. The molecule has 0 aliphatic heterocycles. The van der Waals surface area contributed by atoms with E-state index in [0.29, 0.717) is 0 Å². The van der Waals surface area contributed by atoms with Crippen molar-refractivity contribution in [1.29, 1.82) is 0 Å². The van der Waals surface area contributed by atoms with Gasteiger partial charge in [-0.2, -0.15) is 0 Å². The van der Waals surface area contributed by atoms with Crippen LogP contribution in [0.4, 0.5) is 0 Å². The Labute approximate surface area is 106 Å². The summed E-state index contributed by atoms with van der Waals surface area (Å²) in [6.45, 7) is 2.05. The van der Waals surface area contributed by atoms with Gasteiger partial charge in [0.25, 0.3) is 0 Å².